The molecule has 3 aromatic rings. The van der Waals surface area contributed by atoms with Gasteiger partial charge in [0.05, 0.1) is 6.42 Å². The fourth-order valence-electron chi connectivity index (χ4n) is 3.88. The normalized spacial score (nSPS) is 16.9. The molecule has 0 spiro atoms. The highest BCUT2D eigenvalue weighted by atomic mass is 32.1. The van der Waals surface area contributed by atoms with Crippen LogP contribution in [0.1, 0.15) is 36.9 Å². The molecule has 1 aromatic carbocycles. The maximum atomic E-state index is 15.2. The van der Waals surface area contributed by atoms with Crippen LogP contribution in [0.3, 0.4) is 0 Å². The third kappa shape index (κ3) is 4.36. The van der Waals surface area contributed by atoms with Crippen LogP contribution in [0.15, 0.2) is 30.5 Å². The largest absolute Gasteiger partial charge is 0.303 e. The summed E-state index contributed by atoms with van der Waals surface area (Å²) in [4.78, 5) is 19.4. The molecule has 29 heavy (non-hydrogen) atoms. The Kier molecular flexibility index (Phi) is 5.69. The Balaban J connectivity index is 1.51. The van der Waals surface area contributed by atoms with Crippen molar-refractivity contribution in [2.24, 2.45) is 0 Å². The molecule has 0 N–H and O–H groups in total. The van der Waals surface area contributed by atoms with Gasteiger partial charge < -0.3 is 4.90 Å². The van der Waals surface area contributed by atoms with Crippen molar-refractivity contribution in [2.45, 2.75) is 45.2 Å². The second-order valence-corrected chi connectivity index (χ2v) is 8.95. The van der Waals surface area contributed by atoms with E-state index in [0.717, 1.165) is 39.3 Å². The Labute approximate surface area is 174 Å². The van der Waals surface area contributed by atoms with Crippen LogP contribution in [-0.2, 0) is 11.2 Å². The molecule has 7 heteroatoms. The smallest absolute Gasteiger partial charge is 0.175 e. The lowest BCUT2D eigenvalue weighted by molar-refractivity contribution is -0.133. The lowest BCUT2D eigenvalue weighted by Gasteiger charge is -2.35. The van der Waals surface area contributed by atoms with Gasteiger partial charge in [-0.15, -0.1) is 10.2 Å². The summed E-state index contributed by atoms with van der Waals surface area (Å²) in [6.45, 7) is 6.30. The molecular weight excluding hydrogens is 387 g/mol. The second-order valence-electron chi connectivity index (χ2n) is 7.77. The van der Waals surface area contributed by atoms with Gasteiger partial charge in [0, 0.05) is 48.8 Å². The predicted molar refractivity (Wildman–Crippen MR) is 114 cm³/mol. The molecule has 0 radical (unpaired) electrons. The number of rotatable bonds is 6. The van der Waals surface area contributed by atoms with Crippen LogP contribution in [0.4, 0.5) is 4.39 Å². The molecule has 0 unspecified atom stereocenters. The van der Waals surface area contributed by atoms with E-state index < -0.39 is 5.67 Å². The zero-order chi connectivity index (χ0) is 20.4. The summed E-state index contributed by atoms with van der Waals surface area (Å²) in [5.74, 6) is -0.351. The summed E-state index contributed by atoms with van der Waals surface area (Å²) in [5, 5.41) is 12.0. The zero-order valence-electron chi connectivity index (χ0n) is 16.8. The Bertz CT molecular complexity index is 1030. The predicted octanol–water partition coefficient (Wildman–Crippen LogP) is 4.39. The lowest BCUT2D eigenvalue weighted by Crippen LogP contribution is -2.47. The average Bonchev–Trinajstić information content (AvgIpc) is 3.16. The molecule has 1 saturated heterocycles. The third-order valence-electron chi connectivity index (χ3n) is 5.58. The van der Waals surface area contributed by atoms with Crippen LogP contribution in [0, 0.1) is 6.92 Å². The van der Waals surface area contributed by atoms with Gasteiger partial charge in [0.2, 0.25) is 0 Å². The van der Waals surface area contributed by atoms with Crippen molar-refractivity contribution < 1.29 is 9.18 Å². The van der Waals surface area contributed by atoms with Crippen molar-refractivity contribution >= 4 is 27.9 Å². The summed E-state index contributed by atoms with van der Waals surface area (Å²) in [5.41, 5.74) is -0.134. The molecule has 0 saturated carbocycles. The summed E-state index contributed by atoms with van der Waals surface area (Å²) in [6, 6.07) is 7.90. The van der Waals surface area contributed by atoms with Gasteiger partial charge in [-0.2, -0.15) is 0 Å². The summed E-state index contributed by atoms with van der Waals surface area (Å²) < 4.78 is 15.2. The van der Waals surface area contributed by atoms with Gasteiger partial charge in [-0.1, -0.05) is 30.4 Å². The number of likely N-dealkylation sites (tertiary alicyclic amines) is 1. The van der Waals surface area contributed by atoms with Crippen molar-refractivity contribution in [1.29, 1.82) is 0 Å². The highest BCUT2D eigenvalue weighted by Crippen LogP contribution is 2.30. The fourth-order valence-corrected chi connectivity index (χ4v) is 4.57. The molecule has 4 rings (SSSR count). The van der Waals surface area contributed by atoms with E-state index in [1.165, 1.54) is 0 Å². The van der Waals surface area contributed by atoms with Crippen LogP contribution in [0.2, 0.25) is 0 Å². The SMILES string of the molecule is CCCN1CCC(F)(C(=O)Cc2cc3cc(-c4nnc(C)s4)ccc3cn2)CC1. The van der Waals surface area contributed by atoms with Gasteiger partial charge in [-0.25, -0.2) is 4.39 Å². The average molecular weight is 413 g/mol. The van der Waals surface area contributed by atoms with Crippen molar-refractivity contribution in [3.8, 4) is 10.6 Å². The van der Waals surface area contributed by atoms with Crippen LogP contribution >= 0.6 is 11.3 Å². The van der Waals surface area contributed by atoms with E-state index in [1.54, 1.807) is 17.5 Å². The number of hydrogen-bond donors (Lipinski definition) is 0. The van der Waals surface area contributed by atoms with Crippen LogP contribution in [0.25, 0.3) is 21.3 Å². The number of nitrogens with zero attached hydrogens (tertiary/aromatic N) is 4. The fraction of sp³-hybridized carbons (Fsp3) is 0.455. The Morgan fingerprint density at radius 1 is 1.21 bits per heavy atom. The van der Waals surface area contributed by atoms with E-state index in [9.17, 15) is 4.79 Å². The first-order valence-electron chi connectivity index (χ1n) is 10.1. The number of aryl methyl sites for hydroxylation is 1. The maximum Gasteiger partial charge on any atom is 0.175 e. The van der Waals surface area contributed by atoms with Gasteiger partial charge in [-0.3, -0.25) is 9.78 Å². The Hall–Kier alpha value is -2.25. The number of piperidine rings is 1. The molecule has 0 aliphatic carbocycles. The number of hydrogen-bond acceptors (Lipinski definition) is 6. The monoisotopic (exact) mass is 412 g/mol. The molecular formula is C22H25FN4OS. The first kappa shape index (κ1) is 20.0. The van der Waals surface area contributed by atoms with Crippen LogP contribution < -0.4 is 0 Å². The third-order valence-corrected chi connectivity index (χ3v) is 6.47. The van der Waals surface area contributed by atoms with Crippen LogP contribution in [-0.4, -0.2) is 51.2 Å². The van der Waals surface area contributed by atoms with E-state index >= 15 is 4.39 Å². The van der Waals surface area contributed by atoms with Gasteiger partial charge in [0.25, 0.3) is 0 Å². The van der Waals surface area contributed by atoms with E-state index in [0.29, 0.717) is 18.8 Å². The van der Waals surface area contributed by atoms with E-state index in [1.807, 2.05) is 31.2 Å². The standard InChI is InChI=1S/C22H25FN4OS/c1-3-8-27-9-6-22(23,7-10-27)20(28)13-19-12-18-11-16(4-5-17(18)14-24-19)21-26-25-15(2)29-21/h4-5,11-12,14H,3,6-10,13H2,1-2H3. The molecule has 0 atom stereocenters. The van der Waals surface area contributed by atoms with Gasteiger partial charge >= 0.3 is 0 Å². The first-order chi connectivity index (χ1) is 14.0. The van der Waals surface area contributed by atoms with Crippen molar-refractivity contribution in [3.05, 3.63) is 41.2 Å². The Morgan fingerprint density at radius 2 is 2.00 bits per heavy atom. The number of fused-ring (bicyclic) bond motifs is 1. The van der Waals surface area contributed by atoms with E-state index in [2.05, 4.69) is 27.0 Å². The van der Waals surface area contributed by atoms with E-state index in [-0.39, 0.29) is 25.0 Å². The molecule has 152 valence electrons. The molecule has 3 heterocycles. The zero-order valence-corrected chi connectivity index (χ0v) is 17.6. The second kappa shape index (κ2) is 8.24. The highest BCUT2D eigenvalue weighted by molar-refractivity contribution is 7.14. The number of pyridine rings is 1. The number of benzene rings is 1. The topological polar surface area (TPSA) is 59.0 Å². The van der Waals surface area contributed by atoms with Crippen molar-refractivity contribution in [1.82, 2.24) is 20.1 Å². The number of carbonyl (C=O) groups is 1. The molecule has 1 aliphatic heterocycles. The number of carbonyl (C=O) groups excluding carboxylic acids is 1. The van der Waals surface area contributed by atoms with Crippen molar-refractivity contribution in [3.63, 3.8) is 0 Å². The molecule has 5 nitrogen and oxygen atoms in total. The lowest BCUT2D eigenvalue weighted by atomic mass is 9.86. The Morgan fingerprint density at radius 3 is 2.69 bits per heavy atom. The molecule has 2 aromatic heterocycles. The number of halogens is 1. The summed E-state index contributed by atoms with van der Waals surface area (Å²) in [7, 11) is 0. The highest BCUT2D eigenvalue weighted by Gasteiger charge is 2.41. The summed E-state index contributed by atoms with van der Waals surface area (Å²) in [6.07, 6.45) is 3.39. The maximum absolute atomic E-state index is 15.2. The summed E-state index contributed by atoms with van der Waals surface area (Å²) >= 11 is 1.54. The minimum atomic E-state index is -1.73. The molecule has 0 amide bonds. The molecule has 0 bridgehead atoms. The molecule has 1 fully saturated rings. The number of alkyl halides is 1. The first-order valence-corrected chi connectivity index (χ1v) is 10.9. The van der Waals surface area contributed by atoms with Crippen molar-refractivity contribution in [2.75, 3.05) is 19.6 Å². The molecule has 1 aliphatic rings. The quantitative estimate of drug-likeness (QED) is 0.601. The minimum absolute atomic E-state index is 0.0301. The number of aromatic nitrogens is 3. The van der Waals surface area contributed by atoms with E-state index in [4.69, 9.17) is 0 Å². The van der Waals surface area contributed by atoms with Gasteiger partial charge in [0.1, 0.15) is 10.0 Å². The van der Waals surface area contributed by atoms with Gasteiger partial charge in [0.15, 0.2) is 11.5 Å². The van der Waals surface area contributed by atoms with Crippen LogP contribution in [0.5, 0.6) is 0 Å². The van der Waals surface area contributed by atoms with Gasteiger partial charge in [-0.05, 0) is 37.4 Å². The number of Topliss-reactive ketones (excluding diaryl/α,β-unsaturated/α-hetero) is 1. The minimum Gasteiger partial charge on any atom is -0.303 e. The number of ketones is 1.